The summed E-state index contributed by atoms with van der Waals surface area (Å²) in [6.07, 6.45) is 4.53. The van der Waals surface area contributed by atoms with Gasteiger partial charge in [-0.1, -0.05) is 0 Å². The molecule has 1 atom stereocenters. The van der Waals surface area contributed by atoms with Crippen molar-refractivity contribution < 1.29 is 4.79 Å². The second-order valence-electron chi connectivity index (χ2n) is 6.80. The number of nitrogens with zero attached hydrogens (tertiary/aromatic N) is 2. The molecular formula is C16H30N4O. The molecule has 0 bridgehead atoms. The molecule has 1 aliphatic rings. The van der Waals surface area contributed by atoms with E-state index in [2.05, 4.69) is 30.1 Å². The maximum absolute atomic E-state index is 10.9. The van der Waals surface area contributed by atoms with Gasteiger partial charge in [0.05, 0.1) is 6.07 Å². The Bertz CT molecular complexity index is 369. The first-order chi connectivity index (χ1) is 9.84. The van der Waals surface area contributed by atoms with E-state index in [0.29, 0.717) is 18.4 Å². The van der Waals surface area contributed by atoms with Gasteiger partial charge in [-0.05, 0) is 72.0 Å². The summed E-state index contributed by atoms with van der Waals surface area (Å²) in [5, 5.41) is 12.7. The van der Waals surface area contributed by atoms with Crippen LogP contribution < -0.4 is 11.1 Å². The minimum Gasteiger partial charge on any atom is -0.370 e. The zero-order valence-electron chi connectivity index (χ0n) is 13.7. The van der Waals surface area contributed by atoms with E-state index in [-0.39, 0.29) is 5.91 Å². The van der Waals surface area contributed by atoms with E-state index in [0.717, 1.165) is 45.3 Å². The topological polar surface area (TPSA) is 82.2 Å². The van der Waals surface area contributed by atoms with Crippen LogP contribution in [-0.2, 0) is 4.79 Å². The van der Waals surface area contributed by atoms with Crippen molar-refractivity contribution in [2.24, 2.45) is 11.7 Å². The van der Waals surface area contributed by atoms with E-state index in [9.17, 15) is 10.1 Å². The van der Waals surface area contributed by atoms with Crippen LogP contribution in [-0.4, -0.2) is 42.0 Å². The fourth-order valence-corrected chi connectivity index (χ4v) is 3.15. The first-order valence-corrected chi connectivity index (χ1v) is 8.04. The van der Waals surface area contributed by atoms with Crippen molar-refractivity contribution in [1.82, 2.24) is 10.2 Å². The summed E-state index contributed by atoms with van der Waals surface area (Å²) >= 11 is 0. The Morgan fingerprint density at radius 1 is 1.48 bits per heavy atom. The van der Waals surface area contributed by atoms with Crippen molar-refractivity contribution in [3.05, 3.63) is 0 Å². The lowest BCUT2D eigenvalue weighted by Gasteiger charge is -2.32. The molecule has 1 saturated heterocycles. The highest BCUT2D eigenvalue weighted by molar-refractivity contribution is 5.73. The maximum Gasteiger partial charge on any atom is 0.217 e. The predicted octanol–water partition coefficient (Wildman–Crippen LogP) is 1.63. The molecule has 0 aromatic heterocycles. The second-order valence-corrected chi connectivity index (χ2v) is 6.80. The largest absolute Gasteiger partial charge is 0.370 e. The highest BCUT2D eigenvalue weighted by atomic mass is 16.1. The van der Waals surface area contributed by atoms with E-state index >= 15 is 0 Å². The third kappa shape index (κ3) is 6.92. The molecule has 1 unspecified atom stereocenters. The van der Waals surface area contributed by atoms with Crippen LogP contribution in [0.3, 0.4) is 0 Å². The van der Waals surface area contributed by atoms with Crippen LogP contribution in [0.1, 0.15) is 52.9 Å². The molecule has 1 heterocycles. The molecule has 0 saturated carbocycles. The molecule has 3 N–H and O–H groups in total. The Hall–Kier alpha value is -1.12. The number of carbonyl (C=O) groups excluding carboxylic acids is 1. The quantitative estimate of drug-likeness (QED) is 0.713. The number of likely N-dealkylation sites (tertiary alicyclic amines) is 1. The molecule has 0 aromatic rings. The molecule has 0 aliphatic carbocycles. The van der Waals surface area contributed by atoms with Crippen LogP contribution in [0.4, 0.5) is 0 Å². The number of hydrogen-bond acceptors (Lipinski definition) is 4. The van der Waals surface area contributed by atoms with Gasteiger partial charge in [-0.25, -0.2) is 0 Å². The van der Waals surface area contributed by atoms with E-state index < -0.39 is 5.54 Å². The zero-order valence-corrected chi connectivity index (χ0v) is 13.7. The standard InChI is InChI=1S/C16H30N4O/c1-13(2)19-16(3,12-17)7-4-8-20-9-5-14(6-10-20)11-15(18)21/h13-14,19H,4-11H2,1-3H3,(H2,18,21). The summed E-state index contributed by atoms with van der Waals surface area (Å²) in [6.45, 7) is 9.22. The third-order valence-electron chi connectivity index (χ3n) is 4.20. The molecule has 1 aliphatic heterocycles. The molecule has 0 aromatic carbocycles. The van der Waals surface area contributed by atoms with Crippen molar-refractivity contribution >= 4 is 5.91 Å². The smallest absolute Gasteiger partial charge is 0.217 e. The van der Waals surface area contributed by atoms with E-state index in [1.807, 2.05) is 6.92 Å². The Balaban J connectivity index is 2.25. The fourth-order valence-electron chi connectivity index (χ4n) is 3.15. The van der Waals surface area contributed by atoms with Gasteiger partial charge in [-0.15, -0.1) is 0 Å². The lowest BCUT2D eigenvalue weighted by molar-refractivity contribution is -0.119. The fraction of sp³-hybridized carbons (Fsp3) is 0.875. The molecular weight excluding hydrogens is 264 g/mol. The molecule has 1 fully saturated rings. The number of nitrogens with two attached hydrogens (primary N) is 1. The molecule has 0 radical (unpaired) electrons. The lowest BCUT2D eigenvalue weighted by atomic mass is 9.92. The van der Waals surface area contributed by atoms with Gasteiger partial charge in [0.25, 0.3) is 0 Å². The zero-order chi connectivity index (χ0) is 15.9. The molecule has 21 heavy (non-hydrogen) atoms. The Labute approximate surface area is 128 Å². The predicted molar refractivity (Wildman–Crippen MR) is 84.5 cm³/mol. The first-order valence-electron chi connectivity index (χ1n) is 8.04. The molecule has 5 nitrogen and oxygen atoms in total. The Morgan fingerprint density at radius 3 is 2.57 bits per heavy atom. The maximum atomic E-state index is 10.9. The third-order valence-corrected chi connectivity index (χ3v) is 4.20. The van der Waals surface area contributed by atoms with Crippen molar-refractivity contribution in [2.45, 2.75) is 64.5 Å². The Kier molecular flexibility index (Phi) is 7.13. The summed E-state index contributed by atoms with van der Waals surface area (Å²) < 4.78 is 0. The van der Waals surface area contributed by atoms with Gasteiger partial charge in [0.15, 0.2) is 0 Å². The second kappa shape index (κ2) is 8.35. The molecule has 120 valence electrons. The van der Waals surface area contributed by atoms with Gasteiger partial charge in [0, 0.05) is 12.5 Å². The van der Waals surface area contributed by atoms with Crippen molar-refractivity contribution in [1.29, 1.82) is 5.26 Å². The number of primary amides is 1. The summed E-state index contributed by atoms with van der Waals surface area (Å²) in [7, 11) is 0. The van der Waals surface area contributed by atoms with E-state index in [1.54, 1.807) is 0 Å². The molecule has 1 amide bonds. The monoisotopic (exact) mass is 294 g/mol. The van der Waals surface area contributed by atoms with Gasteiger partial charge in [0.1, 0.15) is 5.54 Å². The average Bonchev–Trinajstić information content (AvgIpc) is 2.39. The molecule has 5 heteroatoms. The SMILES string of the molecule is CC(C)NC(C)(C#N)CCCN1CCC(CC(N)=O)CC1. The highest BCUT2D eigenvalue weighted by Crippen LogP contribution is 2.21. The summed E-state index contributed by atoms with van der Waals surface area (Å²) in [5.74, 6) is 0.281. The van der Waals surface area contributed by atoms with Gasteiger partial charge in [0.2, 0.25) is 5.91 Å². The van der Waals surface area contributed by atoms with E-state index in [1.165, 1.54) is 0 Å². The van der Waals surface area contributed by atoms with Crippen LogP contribution in [0.15, 0.2) is 0 Å². The van der Waals surface area contributed by atoms with Gasteiger partial charge < -0.3 is 10.6 Å². The Morgan fingerprint density at radius 2 is 2.10 bits per heavy atom. The average molecular weight is 294 g/mol. The van der Waals surface area contributed by atoms with Crippen LogP contribution in [0.2, 0.25) is 0 Å². The lowest BCUT2D eigenvalue weighted by Crippen LogP contribution is -2.45. The number of nitrogens with one attached hydrogen (secondary N) is 1. The number of hydrogen-bond donors (Lipinski definition) is 2. The number of rotatable bonds is 8. The number of amides is 1. The van der Waals surface area contributed by atoms with Crippen LogP contribution in [0.5, 0.6) is 0 Å². The van der Waals surface area contributed by atoms with Gasteiger partial charge >= 0.3 is 0 Å². The van der Waals surface area contributed by atoms with Gasteiger partial charge in [-0.2, -0.15) is 5.26 Å². The first kappa shape index (κ1) is 17.9. The highest BCUT2D eigenvalue weighted by Gasteiger charge is 2.25. The van der Waals surface area contributed by atoms with E-state index in [4.69, 9.17) is 5.73 Å². The van der Waals surface area contributed by atoms with Crippen molar-refractivity contribution in [2.75, 3.05) is 19.6 Å². The van der Waals surface area contributed by atoms with Crippen LogP contribution >= 0.6 is 0 Å². The number of piperidine rings is 1. The van der Waals surface area contributed by atoms with Crippen molar-refractivity contribution in [3.8, 4) is 6.07 Å². The number of carbonyl (C=O) groups is 1. The molecule has 1 rings (SSSR count). The van der Waals surface area contributed by atoms with Crippen molar-refractivity contribution in [3.63, 3.8) is 0 Å². The molecule has 0 spiro atoms. The summed E-state index contributed by atoms with van der Waals surface area (Å²) in [4.78, 5) is 13.4. The van der Waals surface area contributed by atoms with Crippen LogP contribution in [0.25, 0.3) is 0 Å². The van der Waals surface area contributed by atoms with Crippen LogP contribution in [0, 0.1) is 17.2 Å². The summed E-state index contributed by atoms with van der Waals surface area (Å²) in [5.41, 5.74) is 4.82. The summed E-state index contributed by atoms with van der Waals surface area (Å²) in [6, 6.07) is 2.71. The normalized spacial score (nSPS) is 20.1. The minimum absolute atomic E-state index is 0.182. The number of nitriles is 1. The minimum atomic E-state index is -0.432. The van der Waals surface area contributed by atoms with Gasteiger partial charge in [-0.3, -0.25) is 10.1 Å².